The average Bonchev–Trinajstić information content (AvgIpc) is 3.44. The highest BCUT2D eigenvalue weighted by molar-refractivity contribution is 6.08. The molecule has 2 aliphatic heterocycles. The van der Waals surface area contributed by atoms with Crippen molar-refractivity contribution >= 4 is 27.7 Å². The maximum absolute atomic E-state index is 12.4. The molecule has 2 saturated heterocycles. The molecule has 2 aromatic carbocycles. The van der Waals surface area contributed by atoms with Gasteiger partial charge in [0.25, 0.3) is 0 Å². The Balaban J connectivity index is 1.26. The first-order valence-corrected chi connectivity index (χ1v) is 12.2. The molecule has 4 nitrogen and oxygen atoms in total. The van der Waals surface area contributed by atoms with Crippen LogP contribution in [0.5, 0.6) is 0 Å². The summed E-state index contributed by atoms with van der Waals surface area (Å²) >= 11 is 0. The minimum absolute atomic E-state index is 0.382. The highest BCUT2D eigenvalue weighted by Gasteiger charge is 2.23. The number of likely N-dealkylation sites (tertiary alicyclic amines) is 2. The van der Waals surface area contributed by atoms with Gasteiger partial charge in [-0.2, -0.15) is 0 Å². The van der Waals surface area contributed by atoms with Crippen LogP contribution in [0.1, 0.15) is 51.0 Å². The van der Waals surface area contributed by atoms with Crippen LogP contribution >= 0.6 is 0 Å². The van der Waals surface area contributed by atoms with Crippen LogP contribution in [0.2, 0.25) is 0 Å². The number of rotatable bonds is 6. The molecule has 0 N–H and O–H groups in total. The van der Waals surface area contributed by atoms with Crippen LogP contribution in [0.25, 0.3) is 21.8 Å². The van der Waals surface area contributed by atoms with Crippen LogP contribution in [-0.2, 0) is 17.9 Å². The Morgan fingerprint density at radius 1 is 0.968 bits per heavy atom. The third-order valence-corrected chi connectivity index (χ3v) is 7.39. The number of amides is 1. The average molecular weight is 418 g/mol. The summed E-state index contributed by atoms with van der Waals surface area (Å²) in [6, 6.07) is 15.8. The van der Waals surface area contributed by atoms with Gasteiger partial charge in [0.1, 0.15) is 0 Å². The van der Waals surface area contributed by atoms with E-state index >= 15 is 0 Å². The van der Waals surface area contributed by atoms with Crippen LogP contribution in [0.3, 0.4) is 0 Å². The normalized spacial score (nSPS) is 20.2. The van der Waals surface area contributed by atoms with Gasteiger partial charge in [0.05, 0.1) is 0 Å². The second kappa shape index (κ2) is 9.04. The van der Waals surface area contributed by atoms with E-state index in [1.165, 1.54) is 59.6 Å². The van der Waals surface area contributed by atoms with Gasteiger partial charge in [-0.25, -0.2) is 0 Å². The fourth-order valence-corrected chi connectivity index (χ4v) is 5.78. The number of hydrogen-bond donors (Lipinski definition) is 0. The number of carbonyl (C=O) groups excluding carboxylic acids is 1. The van der Waals surface area contributed by atoms with E-state index < -0.39 is 0 Å². The topological polar surface area (TPSA) is 28.5 Å². The van der Waals surface area contributed by atoms with Gasteiger partial charge in [-0.05, 0) is 75.3 Å². The monoisotopic (exact) mass is 417 g/mol. The Bertz CT molecular complexity index is 1060. The SMILES string of the molecule is CCn1c2ccccc2c2cc(CN3CCC[C@@H](CCC(=O)N4CCCC4)C3)ccc21. The second-order valence-electron chi connectivity index (χ2n) is 9.48. The molecule has 164 valence electrons. The summed E-state index contributed by atoms with van der Waals surface area (Å²) < 4.78 is 2.42. The molecule has 2 aliphatic rings. The van der Waals surface area contributed by atoms with Gasteiger partial charge in [-0.15, -0.1) is 0 Å². The van der Waals surface area contributed by atoms with Crippen molar-refractivity contribution in [2.75, 3.05) is 26.2 Å². The summed E-state index contributed by atoms with van der Waals surface area (Å²) in [5.41, 5.74) is 4.07. The fraction of sp³-hybridized carbons (Fsp3) is 0.519. The van der Waals surface area contributed by atoms with E-state index in [2.05, 4.69) is 63.8 Å². The van der Waals surface area contributed by atoms with Gasteiger partial charge in [0, 0.05) is 61.0 Å². The van der Waals surface area contributed by atoms with Gasteiger partial charge < -0.3 is 9.47 Å². The summed E-state index contributed by atoms with van der Waals surface area (Å²) in [4.78, 5) is 17.1. The number of para-hydroxylation sites is 1. The Labute approximate surface area is 185 Å². The standard InChI is InChI=1S/C27H35N3O/c1-2-30-25-10-4-3-9-23(25)24-18-22(11-13-26(24)30)20-28-15-7-8-21(19-28)12-14-27(31)29-16-5-6-17-29/h3-4,9-11,13,18,21H,2,5-8,12,14-17,19-20H2,1H3/t21-/m0/s1. The van der Waals surface area contributed by atoms with E-state index in [0.29, 0.717) is 11.8 Å². The third-order valence-electron chi connectivity index (χ3n) is 7.39. The summed E-state index contributed by atoms with van der Waals surface area (Å²) in [6.07, 6.45) is 6.68. The number of aryl methyl sites for hydroxylation is 1. The molecule has 1 atom stereocenters. The maximum atomic E-state index is 12.4. The van der Waals surface area contributed by atoms with Crippen molar-refractivity contribution in [1.29, 1.82) is 0 Å². The highest BCUT2D eigenvalue weighted by atomic mass is 16.2. The molecule has 0 aliphatic carbocycles. The van der Waals surface area contributed by atoms with Crippen molar-refractivity contribution in [1.82, 2.24) is 14.4 Å². The van der Waals surface area contributed by atoms with E-state index in [0.717, 1.165) is 45.6 Å². The summed E-state index contributed by atoms with van der Waals surface area (Å²) in [5, 5.41) is 2.73. The zero-order valence-corrected chi connectivity index (χ0v) is 18.9. The quantitative estimate of drug-likeness (QED) is 0.535. The minimum atomic E-state index is 0.382. The van der Waals surface area contributed by atoms with Crippen molar-refractivity contribution in [3.63, 3.8) is 0 Å². The Morgan fingerprint density at radius 2 is 1.77 bits per heavy atom. The third kappa shape index (κ3) is 4.23. The number of fused-ring (bicyclic) bond motifs is 3. The van der Waals surface area contributed by atoms with E-state index in [4.69, 9.17) is 0 Å². The second-order valence-corrected chi connectivity index (χ2v) is 9.48. The van der Waals surface area contributed by atoms with E-state index in [-0.39, 0.29) is 0 Å². The predicted octanol–water partition coefficient (Wildman–Crippen LogP) is 5.43. The summed E-state index contributed by atoms with van der Waals surface area (Å²) in [6.45, 7) is 8.49. The van der Waals surface area contributed by atoms with Crippen LogP contribution in [0.4, 0.5) is 0 Å². The molecule has 1 aromatic heterocycles. The predicted molar refractivity (Wildman–Crippen MR) is 128 cm³/mol. The number of hydrogen-bond acceptors (Lipinski definition) is 2. The van der Waals surface area contributed by atoms with Crippen molar-refractivity contribution in [2.45, 2.75) is 58.5 Å². The van der Waals surface area contributed by atoms with Crippen molar-refractivity contribution in [3.8, 4) is 0 Å². The van der Waals surface area contributed by atoms with E-state index in [1.54, 1.807) is 0 Å². The van der Waals surface area contributed by atoms with E-state index in [1.807, 2.05) is 0 Å². The molecule has 1 amide bonds. The van der Waals surface area contributed by atoms with Gasteiger partial charge in [-0.3, -0.25) is 9.69 Å². The zero-order chi connectivity index (χ0) is 21.2. The smallest absolute Gasteiger partial charge is 0.222 e. The molecule has 0 saturated carbocycles. The van der Waals surface area contributed by atoms with Crippen molar-refractivity contribution in [2.24, 2.45) is 5.92 Å². The molecular formula is C27H35N3O. The lowest BCUT2D eigenvalue weighted by Gasteiger charge is -2.33. The first-order valence-electron chi connectivity index (χ1n) is 12.2. The molecule has 3 heterocycles. The van der Waals surface area contributed by atoms with E-state index in [9.17, 15) is 4.79 Å². The maximum Gasteiger partial charge on any atom is 0.222 e. The Morgan fingerprint density at radius 3 is 2.61 bits per heavy atom. The van der Waals surface area contributed by atoms with Crippen LogP contribution < -0.4 is 0 Å². The fourth-order valence-electron chi connectivity index (χ4n) is 5.78. The molecule has 5 rings (SSSR count). The number of carbonyl (C=O) groups is 1. The molecule has 4 heteroatoms. The molecule has 3 aromatic rings. The minimum Gasteiger partial charge on any atom is -0.343 e. The lowest BCUT2D eigenvalue weighted by molar-refractivity contribution is -0.130. The highest BCUT2D eigenvalue weighted by Crippen LogP contribution is 2.30. The molecule has 0 radical (unpaired) electrons. The lowest BCUT2D eigenvalue weighted by Crippen LogP contribution is -2.35. The van der Waals surface area contributed by atoms with Crippen LogP contribution in [0, 0.1) is 5.92 Å². The van der Waals surface area contributed by atoms with Gasteiger partial charge in [0.15, 0.2) is 0 Å². The molecule has 31 heavy (non-hydrogen) atoms. The lowest BCUT2D eigenvalue weighted by atomic mass is 9.92. The first-order chi connectivity index (χ1) is 15.2. The van der Waals surface area contributed by atoms with Gasteiger partial charge in [-0.1, -0.05) is 24.3 Å². The zero-order valence-electron chi connectivity index (χ0n) is 18.9. The molecule has 2 fully saturated rings. The van der Waals surface area contributed by atoms with Crippen LogP contribution in [0.15, 0.2) is 42.5 Å². The Hall–Kier alpha value is -2.33. The Kier molecular flexibility index (Phi) is 5.99. The molecule has 0 spiro atoms. The van der Waals surface area contributed by atoms with Gasteiger partial charge in [0.2, 0.25) is 5.91 Å². The van der Waals surface area contributed by atoms with Crippen molar-refractivity contribution in [3.05, 3.63) is 48.0 Å². The van der Waals surface area contributed by atoms with Gasteiger partial charge >= 0.3 is 0 Å². The summed E-state index contributed by atoms with van der Waals surface area (Å²) in [7, 11) is 0. The number of aromatic nitrogens is 1. The molecular weight excluding hydrogens is 382 g/mol. The number of piperidine rings is 1. The first kappa shape index (κ1) is 20.6. The molecule has 0 bridgehead atoms. The number of nitrogens with zero attached hydrogens (tertiary/aromatic N) is 3. The molecule has 0 unspecified atom stereocenters. The number of benzene rings is 2. The largest absolute Gasteiger partial charge is 0.343 e. The van der Waals surface area contributed by atoms with Crippen molar-refractivity contribution < 1.29 is 4.79 Å². The summed E-state index contributed by atoms with van der Waals surface area (Å²) in [5.74, 6) is 1.04. The van der Waals surface area contributed by atoms with Crippen LogP contribution in [-0.4, -0.2) is 46.5 Å².